The molecular weight excluding hydrogens is 456 g/mol. The lowest BCUT2D eigenvalue weighted by Crippen LogP contribution is -2.18. The molecule has 0 saturated carbocycles. The monoisotopic (exact) mass is 460 g/mol. The number of thiophene rings is 3. The smallest absolute Gasteiger partial charge is 0.205 e. The minimum Gasteiger partial charge on any atom is -0.288 e. The van der Waals surface area contributed by atoms with E-state index in [0.717, 1.165) is 27.4 Å². The van der Waals surface area contributed by atoms with Crippen molar-refractivity contribution in [1.82, 2.24) is 0 Å². The number of hydrogen-bond acceptors (Lipinski definition) is 5. The molecular formula is C14H6Br2O2S3. The molecule has 2 nitrogen and oxygen atoms in total. The third-order valence-electron chi connectivity index (χ3n) is 3.61. The predicted octanol–water partition coefficient (Wildman–Crippen LogP) is 5.94. The van der Waals surface area contributed by atoms with Crippen molar-refractivity contribution in [2.24, 2.45) is 0 Å². The minimum absolute atomic E-state index is 0.00792. The Balaban J connectivity index is 2.16. The lowest BCUT2D eigenvalue weighted by molar-refractivity contribution is 0.0983. The van der Waals surface area contributed by atoms with Gasteiger partial charge in [0.1, 0.15) is 0 Å². The SMILES string of the molecule is Cc1sc(C)c2c1C(=O)c1sc3c(Br)sc(Br)c3c1C2=O. The summed E-state index contributed by atoms with van der Waals surface area (Å²) >= 11 is 11.5. The van der Waals surface area contributed by atoms with Crippen LogP contribution in [0.5, 0.6) is 0 Å². The summed E-state index contributed by atoms with van der Waals surface area (Å²) < 4.78 is 2.83. The minimum atomic E-state index is -0.0151. The molecule has 0 atom stereocenters. The Morgan fingerprint density at radius 1 is 0.762 bits per heavy atom. The lowest BCUT2D eigenvalue weighted by atomic mass is 9.88. The average molecular weight is 462 g/mol. The van der Waals surface area contributed by atoms with Crippen LogP contribution >= 0.6 is 65.9 Å². The number of ketones is 2. The third-order valence-corrected chi connectivity index (χ3v) is 8.76. The van der Waals surface area contributed by atoms with E-state index in [-0.39, 0.29) is 11.6 Å². The molecule has 0 N–H and O–H groups in total. The van der Waals surface area contributed by atoms with Gasteiger partial charge < -0.3 is 0 Å². The second-order valence-electron chi connectivity index (χ2n) is 4.78. The van der Waals surface area contributed by atoms with Gasteiger partial charge in [-0.25, -0.2) is 0 Å². The Morgan fingerprint density at radius 3 is 2.05 bits per heavy atom. The first kappa shape index (κ1) is 14.3. The Hall–Kier alpha value is -0.340. The van der Waals surface area contributed by atoms with Crippen molar-refractivity contribution in [3.63, 3.8) is 0 Å². The second kappa shape index (κ2) is 4.58. The summed E-state index contributed by atoms with van der Waals surface area (Å²) in [5.74, 6) is -0.0230. The van der Waals surface area contributed by atoms with Crippen LogP contribution in [0.3, 0.4) is 0 Å². The fourth-order valence-corrected chi connectivity index (χ4v) is 8.48. The van der Waals surface area contributed by atoms with Gasteiger partial charge in [-0.1, -0.05) is 0 Å². The Labute approximate surface area is 149 Å². The van der Waals surface area contributed by atoms with Gasteiger partial charge in [0.2, 0.25) is 5.78 Å². The summed E-state index contributed by atoms with van der Waals surface area (Å²) in [4.78, 5) is 28.2. The van der Waals surface area contributed by atoms with Crippen molar-refractivity contribution in [2.75, 3.05) is 0 Å². The average Bonchev–Trinajstić information content (AvgIpc) is 3.01. The zero-order valence-corrected chi connectivity index (χ0v) is 16.4. The number of fused-ring (bicyclic) bond motifs is 4. The van der Waals surface area contributed by atoms with Gasteiger partial charge in [0.15, 0.2) is 5.78 Å². The molecule has 3 aromatic rings. The van der Waals surface area contributed by atoms with Crippen molar-refractivity contribution in [3.05, 3.63) is 38.9 Å². The normalized spacial score (nSPS) is 13.9. The molecule has 7 heteroatoms. The molecule has 0 aromatic carbocycles. The van der Waals surface area contributed by atoms with Crippen molar-refractivity contribution < 1.29 is 9.59 Å². The molecule has 3 aromatic heterocycles. The molecule has 1 aliphatic rings. The fraction of sp³-hybridized carbons (Fsp3) is 0.143. The van der Waals surface area contributed by atoms with E-state index in [1.165, 1.54) is 34.0 Å². The van der Waals surface area contributed by atoms with Crippen molar-refractivity contribution >= 4 is 87.5 Å². The lowest BCUT2D eigenvalue weighted by Gasteiger charge is -2.12. The van der Waals surface area contributed by atoms with Crippen LogP contribution < -0.4 is 0 Å². The first-order valence-corrected chi connectivity index (χ1v) is 10.0. The van der Waals surface area contributed by atoms with Gasteiger partial charge in [-0.2, -0.15) is 0 Å². The maximum absolute atomic E-state index is 13.0. The molecule has 0 aliphatic heterocycles. The molecule has 0 saturated heterocycles. The summed E-state index contributed by atoms with van der Waals surface area (Å²) in [6, 6.07) is 0. The van der Waals surface area contributed by atoms with E-state index in [4.69, 9.17) is 0 Å². The number of hydrogen-bond donors (Lipinski definition) is 0. The van der Waals surface area contributed by atoms with Crippen molar-refractivity contribution in [3.8, 4) is 0 Å². The van der Waals surface area contributed by atoms with Crippen LogP contribution in [0, 0.1) is 13.8 Å². The molecule has 0 bridgehead atoms. The van der Waals surface area contributed by atoms with E-state index < -0.39 is 0 Å². The third kappa shape index (κ3) is 1.72. The quantitative estimate of drug-likeness (QED) is 0.324. The highest BCUT2D eigenvalue weighted by molar-refractivity contribution is 9.12. The first-order chi connectivity index (χ1) is 9.91. The van der Waals surface area contributed by atoms with Crippen LogP contribution in [0.4, 0.5) is 0 Å². The fourth-order valence-electron chi connectivity index (χ4n) is 2.78. The Kier molecular flexibility index (Phi) is 3.11. The van der Waals surface area contributed by atoms with E-state index in [0.29, 0.717) is 21.6 Å². The van der Waals surface area contributed by atoms with E-state index in [1.54, 1.807) is 0 Å². The highest BCUT2D eigenvalue weighted by Crippen LogP contribution is 2.50. The van der Waals surface area contributed by atoms with Gasteiger partial charge in [-0.15, -0.1) is 34.0 Å². The van der Waals surface area contributed by atoms with Gasteiger partial charge in [-0.05, 0) is 45.7 Å². The van der Waals surface area contributed by atoms with Crippen LogP contribution in [0.15, 0.2) is 7.57 Å². The standard InChI is InChI=1S/C14H6Br2O2S3/c1-3-5-6(4(2)19-3)10(18)11-7(9(5)17)8-12(20-11)14(16)21-13(8)15/h1-2H3. The van der Waals surface area contributed by atoms with Crippen LogP contribution in [0.25, 0.3) is 10.1 Å². The van der Waals surface area contributed by atoms with Gasteiger partial charge in [-0.3, -0.25) is 9.59 Å². The summed E-state index contributed by atoms with van der Waals surface area (Å²) in [7, 11) is 0. The molecule has 1 aliphatic carbocycles. The molecule has 0 fully saturated rings. The summed E-state index contributed by atoms with van der Waals surface area (Å²) in [5.41, 5.74) is 1.78. The van der Waals surface area contributed by atoms with Crippen molar-refractivity contribution in [1.29, 1.82) is 0 Å². The molecule has 0 radical (unpaired) electrons. The molecule has 3 heterocycles. The zero-order chi connectivity index (χ0) is 15.0. The van der Waals surface area contributed by atoms with Crippen molar-refractivity contribution in [2.45, 2.75) is 13.8 Å². The highest BCUT2D eigenvalue weighted by atomic mass is 79.9. The van der Waals surface area contributed by atoms with E-state index >= 15 is 0 Å². The summed E-state index contributed by atoms with van der Waals surface area (Å²) in [6.07, 6.45) is 0. The number of halogens is 2. The van der Waals surface area contributed by atoms with Gasteiger partial charge in [0.05, 0.1) is 22.7 Å². The van der Waals surface area contributed by atoms with Crippen LogP contribution in [-0.4, -0.2) is 11.6 Å². The number of aryl methyl sites for hydroxylation is 2. The van der Waals surface area contributed by atoms with Gasteiger partial charge in [0.25, 0.3) is 0 Å². The number of carbonyl (C=O) groups is 2. The predicted molar refractivity (Wildman–Crippen MR) is 95.8 cm³/mol. The highest BCUT2D eigenvalue weighted by Gasteiger charge is 2.38. The second-order valence-corrected chi connectivity index (χ2v) is 10.9. The van der Waals surface area contributed by atoms with Gasteiger partial charge >= 0.3 is 0 Å². The number of rotatable bonds is 0. The summed E-state index contributed by atoms with van der Waals surface area (Å²) in [6.45, 7) is 3.82. The molecule has 21 heavy (non-hydrogen) atoms. The van der Waals surface area contributed by atoms with E-state index in [2.05, 4.69) is 31.9 Å². The zero-order valence-electron chi connectivity index (χ0n) is 10.8. The molecule has 4 rings (SSSR count). The number of carbonyl (C=O) groups excluding carboxylic acids is 2. The van der Waals surface area contributed by atoms with Gasteiger partial charge in [0, 0.05) is 26.3 Å². The molecule has 0 spiro atoms. The Bertz CT molecular complexity index is 975. The maximum Gasteiger partial charge on any atom is 0.205 e. The molecule has 0 unspecified atom stereocenters. The Morgan fingerprint density at radius 2 is 1.38 bits per heavy atom. The van der Waals surface area contributed by atoms with Crippen LogP contribution in [0.1, 0.15) is 40.9 Å². The first-order valence-electron chi connectivity index (χ1n) is 6.01. The molecule has 106 valence electrons. The molecule has 0 amide bonds. The van der Waals surface area contributed by atoms with E-state index in [1.807, 2.05) is 13.8 Å². The summed E-state index contributed by atoms with van der Waals surface area (Å²) in [5, 5.41) is 0.874. The van der Waals surface area contributed by atoms with E-state index in [9.17, 15) is 9.59 Å². The topological polar surface area (TPSA) is 34.1 Å². The van der Waals surface area contributed by atoms with Crippen LogP contribution in [0.2, 0.25) is 0 Å². The van der Waals surface area contributed by atoms with Crippen LogP contribution in [-0.2, 0) is 0 Å². The maximum atomic E-state index is 13.0. The largest absolute Gasteiger partial charge is 0.288 e.